The normalized spacial score (nSPS) is 11.4. The van der Waals surface area contributed by atoms with E-state index in [0.717, 1.165) is 41.5 Å². The van der Waals surface area contributed by atoms with E-state index in [4.69, 9.17) is 0 Å². The molecule has 0 saturated carbocycles. The van der Waals surface area contributed by atoms with Gasteiger partial charge in [-0.2, -0.15) is 0 Å². The van der Waals surface area contributed by atoms with E-state index >= 15 is 0 Å². The second-order valence-corrected chi connectivity index (χ2v) is 6.44. The second-order valence-electron chi connectivity index (χ2n) is 6.44. The van der Waals surface area contributed by atoms with Crippen LogP contribution in [0.2, 0.25) is 0 Å². The summed E-state index contributed by atoms with van der Waals surface area (Å²) in [5.74, 6) is -0.784. The lowest BCUT2D eigenvalue weighted by Crippen LogP contribution is -2.05. The van der Waals surface area contributed by atoms with Crippen LogP contribution in [0.25, 0.3) is 10.9 Å². The third kappa shape index (κ3) is 3.03. The van der Waals surface area contributed by atoms with Crippen molar-refractivity contribution in [2.75, 3.05) is 0 Å². The Hall–Kier alpha value is -2.10. The number of rotatable bonds is 6. The molecule has 0 spiro atoms. The maximum Gasteiger partial charge on any atom is 0.335 e. The third-order valence-electron chi connectivity index (χ3n) is 4.40. The Morgan fingerprint density at radius 3 is 2.39 bits per heavy atom. The first kappa shape index (κ1) is 17.3. The van der Waals surface area contributed by atoms with Gasteiger partial charge in [-0.25, -0.2) is 4.79 Å². The molecular formula is C19H25NO3. The topological polar surface area (TPSA) is 59.3 Å². The molecule has 4 heteroatoms. The number of aromatic nitrogens is 1. The lowest BCUT2D eigenvalue weighted by atomic mass is 9.95. The minimum atomic E-state index is -0.956. The summed E-state index contributed by atoms with van der Waals surface area (Å²) in [5, 5.41) is 10.2. The summed E-state index contributed by atoms with van der Waals surface area (Å²) < 4.78 is 2.19. The van der Waals surface area contributed by atoms with Gasteiger partial charge in [0.25, 0.3) is 0 Å². The molecule has 0 aliphatic rings. The minimum absolute atomic E-state index is 0.0139. The van der Waals surface area contributed by atoms with E-state index in [1.807, 2.05) is 6.92 Å². The van der Waals surface area contributed by atoms with Crippen LogP contribution in [0.4, 0.5) is 0 Å². The van der Waals surface area contributed by atoms with Crippen molar-refractivity contribution in [1.82, 2.24) is 4.57 Å². The first-order valence-electron chi connectivity index (χ1n) is 8.20. The Morgan fingerprint density at radius 2 is 1.91 bits per heavy atom. The molecule has 1 N–H and O–H groups in total. The Labute approximate surface area is 137 Å². The highest BCUT2D eigenvalue weighted by molar-refractivity contribution is 6.10. The van der Waals surface area contributed by atoms with Gasteiger partial charge in [0.15, 0.2) is 5.78 Å². The fraction of sp³-hybridized carbons (Fsp3) is 0.474. The molecule has 1 aromatic heterocycles. The number of fused-ring (bicyclic) bond motifs is 1. The molecule has 0 aliphatic heterocycles. The number of Topliss-reactive ketones (excluding diaryl/α,β-unsaturated/α-hetero) is 1. The predicted octanol–water partition coefficient (Wildman–Crippen LogP) is 4.77. The van der Waals surface area contributed by atoms with E-state index in [-0.39, 0.29) is 17.3 Å². The molecule has 2 rings (SSSR count). The van der Waals surface area contributed by atoms with Crippen molar-refractivity contribution in [2.24, 2.45) is 0 Å². The molecule has 1 heterocycles. The number of aromatic carboxylic acids is 1. The molecule has 0 radical (unpaired) electrons. The van der Waals surface area contributed by atoms with Crippen LogP contribution in [0.3, 0.4) is 0 Å². The summed E-state index contributed by atoms with van der Waals surface area (Å²) in [5.41, 5.74) is 3.84. The molecule has 2 aromatic rings. The number of carboxylic acid groups (broad SMARTS) is 1. The zero-order valence-electron chi connectivity index (χ0n) is 14.6. The van der Waals surface area contributed by atoms with Crippen molar-refractivity contribution in [3.63, 3.8) is 0 Å². The van der Waals surface area contributed by atoms with Crippen molar-refractivity contribution >= 4 is 22.7 Å². The summed E-state index contributed by atoms with van der Waals surface area (Å²) in [6, 6.07) is 3.40. The average Bonchev–Trinajstić information content (AvgIpc) is 2.75. The zero-order chi connectivity index (χ0) is 17.3. The molecule has 124 valence electrons. The summed E-state index contributed by atoms with van der Waals surface area (Å²) in [6.07, 6.45) is 2.10. The minimum Gasteiger partial charge on any atom is -0.478 e. The number of carbonyl (C=O) groups is 2. The van der Waals surface area contributed by atoms with E-state index in [1.165, 1.54) is 0 Å². The molecule has 0 unspecified atom stereocenters. The van der Waals surface area contributed by atoms with Crippen LogP contribution < -0.4 is 0 Å². The SMILES string of the molecule is CCCCn1c(C)c(C(C)=O)c2cc(C(=O)O)cc(C(C)C)c21. The summed E-state index contributed by atoms with van der Waals surface area (Å²) >= 11 is 0. The molecule has 0 saturated heterocycles. The molecule has 0 aliphatic carbocycles. The number of hydrogen-bond donors (Lipinski definition) is 1. The third-order valence-corrected chi connectivity index (χ3v) is 4.40. The van der Waals surface area contributed by atoms with Crippen LogP contribution >= 0.6 is 0 Å². The largest absolute Gasteiger partial charge is 0.478 e. The van der Waals surface area contributed by atoms with Crippen LogP contribution in [-0.4, -0.2) is 21.4 Å². The maximum absolute atomic E-state index is 12.2. The molecule has 0 fully saturated rings. The molecule has 0 bridgehead atoms. The van der Waals surface area contributed by atoms with E-state index in [2.05, 4.69) is 25.3 Å². The number of benzene rings is 1. The number of unbranched alkanes of at least 4 members (excludes halogenated alkanes) is 1. The van der Waals surface area contributed by atoms with Crippen LogP contribution in [0.1, 0.15) is 78.4 Å². The number of ketones is 1. The monoisotopic (exact) mass is 315 g/mol. The highest BCUT2D eigenvalue weighted by atomic mass is 16.4. The standard InChI is InChI=1S/C19H25NO3/c1-6-7-8-20-12(4)17(13(5)21)16-10-14(19(22)23)9-15(11(2)3)18(16)20/h9-11H,6-8H2,1-5H3,(H,22,23). The van der Waals surface area contributed by atoms with Gasteiger partial charge in [-0.05, 0) is 43.9 Å². The predicted molar refractivity (Wildman–Crippen MR) is 92.6 cm³/mol. The Balaban J connectivity index is 2.92. The van der Waals surface area contributed by atoms with Crippen LogP contribution in [0.5, 0.6) is 0 Å². The number of carbonyl (C=O) groups excluding carboxylic acids is 1. The smallest absolute Gasteiger partial charge is 0.335 e. The first-order chi connectivity index (χ1) is 10.8. The number of carboxylic acids is 1. The van der Waals surface area contributed by atoms with Crippen molar-refractivity contribution in [3.05, 3.63) is 34.5 Å². The van der Waals surface area contributed by atoms with Gasteiger partial charge in [-0.1, -0.05) is 27.2 Å². The van der Waals surface area contributed by atoms with Crippen molar-refractivity contribution in [2.45, 2.75) is 59.9 Å². The number of aryl methyl sites for hydroxylation is 1. The quantitative estimate of drug-likeness (QED) is 0.781. The number of nitrogens with zero attached hydrogens (tertiary/aromatic N) is 1. The van der Waals surface area contributed by atoms with Crippen molar-refractivity contribution < 1.29 is 14.7 Å². The van der Waals surface area contributed by atoms with Gasteiger partial charge in [-0.15, -0.1) is 0 Å². The van der Waals surface area contributed by atoms with Crippen LogP contribution in [-0.2, 0) is 6.54 Å². The van der Waals surface area contributed by atoms with Gasteiger partial charge < -0.3 is 9.67 Å². The highest BCUT2D eigenvalue weighted by Crippen LogP contribution is 2.34. The molecular weight excluding hydrogens is 290 g/mol. The molecule has 23 heavy (non-hydrogen) atoms. The summed E-state index contributed by atoms with van der Waals surface area (Å²) in [7, 11) is 0. The van der Waals surface area contributed by atoms with E-state index in [9.17, 15) is 14.7 Å². The van der Waals surface area contributed by atoms with Gasteiger partial charge in [0.1, 0.15) is 0 Å². The highest BCUT2D eigenvalue weighted by Gasteiger charge is 2.22. The van der Waals surface area contributed by atoms with E-state index in [0.29, 0.717) is 5.56 Å². The van der Waals surface area contributed by atoms with Gasteiger partial charge in [0.05, 0.1) is 11.1 Å². The molecule has 0 amide bonds. The Kier molecular flexibility index (Phi) is 4.93. The lowest BCUT2D eigenvalue weighted by molar-refractivity contribution is 0.0696. The molecule has 4 nitrogen and oxygen atoms in total. The fourth-order valence-corrected chi connectivity index (χ4v) is 3.25. The Bertz CT molecular complexity index is 769. The van der Waals surface area contributed by atoms with Gasteiger partial charge in [0.2, 0.25) is 0 Å². The van der Waals surface area contributed by atoms with Crippen LogP contribution in [0.15, 0.2) is 12.1 Å². The van der Waals surface area contributed by atoms with E-state index < -0.39 is 5.97 Å². The summed E-state index contributed by atoms with van der Waals surface area (Å²) in [4.78, 5) is 23.6. The lowest BCUT2D eigenvalue weighted by Gasteiger charge is -2.14. The fourth-order valence-electron chi connectivity index (χ4n) is 3.25. The molecule has 1 aromatic carbocycles. The number of hydrogen-bond acceptors (Lipinski definition) is 2. The van der Waals surface area contributed by atoms with Crippen LogP contribution in [0, 0.1) is 6.92 Å². The maximum atomic E-state index is 12.2. The Morgan fingerprint density at radius 1 is 1.26 bits per heavy atom. The second kappa shape index (κ2) is 6.57. The zero-order valence-corrected chi connectivity index (χ0v) is 14.6. The van der Waals surface area contributed by atoms with Gasteiger partial charge in [0, 0.05) is 23.2 Å². The van der Waals surface area contributed by atoms with Gasteiger partial charge in [-0.3, -0.25) is 4.79 Å². The van der Waals surface area contributed by atoms with Crippen molar-refractivity contribution in [3.8, 4) is 0 Å². The van der Waals surface area contributed by atoms with E-state index in [1.54, 1.807) is 19.1 Å². The van der Waals surface area contributed by atoms with Gasteiger partial charge >= 0.3 is 5.97 Å². The summed E-state index contributed by atoms with van der Waals surface area (Å²) in [6.45, 7) is 10.6. The van der Waals surface area contributed by atoms with Crippen molar-refractivity contribution in [1.29, 1.82) is 0 Å². The average molecular weight is 315 g/mol. The first-order valence-corrected chi connectivity index (χ1v) is 8.20. The molecule has 0 atom stereocenters.